The van der Waals surface area contributed by atoms with Crippen LogP contribution in [0.2, 0.25) is 0 Å². The molecule has 2 aliphatic heterocycles. The van der Waals surface area contributed by atoms with Crippen LogP contribution in [0.5, 0.6) is 0 Å². The highest BCUT2D eigenvalue weighted by atomic mass is 19.1. The van der Waals surface area contributed by atoms with Gasteiger partial charge in [-0.25, -0.2) is 4.39 Å². The number of β-amino-alcohol motifs (C(OH)–C–C–N with tert-alkyl or cyclic N) is 1. The fourth-order valence-corrected chi connectivity index (χ4v) is 4.93. The summed E-state index contributed by atoms with van der Waals surface area (Å²) >= 11 is 0. The van der Waals surface area contributed by atoms with Crippen molar-refractivity contribution in [1.29, 1.82) is 0 Å². The average molecular weight is 464 g/mol. The molecule has 1 saturated heterocycles. The molecular weight excluding hydrogens is 437 g/mol. The maximum absolute atomic E-state index is 13.9. The van der Waals surface area contributed by atoms with Gasteiger partial charge in [0.1, 0.15) is 11.5 Å². The number of hydrogen-bond donors (Lipinski definition) is 2. The normalized spacial score (nSPS) is 27.6. The number of likely N-dealkylation sites (N-methyl/N-ethyl adjacent to an activating group) is 1. The summed E-state index contributed by atoms with van der Waals surface area (Å²) < 4.78 is 19.9. The van der Waals surface area contributed by atoms with Gasteiger partial charge in [-0.15, -0.1) is 0 Å². The molecule has 0 amide bonds. The number of likely N-dealkylation sites (tertiary alicyclic amines) is 1. The molecule has 2 N–H and O–H groups in total. The molecule has 2 unspecified atom stereocenters. The number of halogens is 1. The number of aliphatic hydroxyl groups is 1. The van der Waals surface area contributed by atoms with E-state index in [1.165, 1.54) is 18.2 Å². The van der Waals surface area contributed by atoms with Gasteiger partial charge in [0.25, 0.3) is 5.69 Å². The zero-order valence-corrected chi connectivity index (χ0v) is 18.7. The van der Waals surface area contributed by atoms with Gasteiger partial charge in [-0.1, -0.05) is 42.5 Å². The van der Waals surface area contributed by atoms with E-state index in [0.717, 1.165) is 16.7 Å². The molecule has 34 heavy (non-hydrogen) atoms. The lowest BCUT2D eigenvalue weighted by atomic mass is 9.83. The molecule has 5 rings (SSSR count). The van der Waals surface area contributed by atoms with Crippen LogP contribution in [0.3, 0.4) is 0 Å². The van der Waals surface area contributed by atoms with Gasteiger partial charge >= 0.3 is 0 Å². The number of fused-ring (bicyclic) bond motifs is 2. The van der Waals surface area contributed by atoms with Gasteiger partial charge < -0.3 is 20.1 Å². The van der Waals surface area contributed by atoms with Crippen LogP contribution < -0.4 is 5.32 Å². The van der Waals surface area contributed by atoms with E-state index in [4.69, 9.17) is 4.74 Å². The fourth-order valence-electron chi connectivity index (χ4n) is 4.93. The molecule has 0 saturated carbocycles. The first-order chi connectivity index (χ1) is 16.4. The van der Waals surface area contributed by atoms with E-state index in [1.807, 2.05) is 48.4 Å². The molecular formula is C26H26FN3O4. The number of hydrogen-bond acceptors (Lipinski definition) is 6. The molecule has 4 atom stereocenters. The van der Waals surface area contributed by atoms with Gasteiger partial charge in [-0.05, 0) is 47.5 Å². The van der Waals surface area contributed by atoms with Crippen molar-refractivity contribution >= 4 is 23.0 Å². The van der Waals surface area contributed by atoms with E-state index >= 15 is 0 Å². The number of nitrogens with zero attached hydrogens (tertiary/aromatic N) is 2. The molecule has 0 radical (unpaired) electrons. The summed E-state index contributed by atoms with van der Waals surface area (Å²) in [6, 6.07) is 12.6. The molecule has 0 bridgehead atoms. The second-order valence-corrected chi connectivity index (χ2v) is 9.04. The lowest BCUT2D eigenvalue weighted by Gasteiger charge is -2.24. The Kier molecular flexibility index (Phi) is 6.03. The SMILES string of the molecule is CN1C[C@H](Nc2ccc(/C=C3\c4ccccc4COC4C=C(F)C=CC34)cc2[N+](=O)[O-])[C@@H](O)C1. The summed E-state index contributed by atoms with van der Waals surface area (Å²) in [5.41, 5.74) is 3.86. The summed E-state index contributed by atoms with van der Waals surface area (Å²) in [5.74, 6) is -0.554. The van der Waals surface area contributed by atoms with Crippen molar-refractivity contribution in [2.45, 2.75) is 24.9 Å². The fraction of sp³-hybridized carbons (Fsp3) is 0.308. The molecule has 2 aromatic carbocycles. The first-order valence-corrected chi connectivity index (χ1v) is 11.3. The van der Waals surface area contributed by atoms with Gasteiger partial charge in [0, 0.05) is 25.1 Å². The van der Waals surface area contributed by atoms with Crippen molar-refractivity contribution in [1.82, 2.24) is 4.90 Å². The van der Waals surface area contributed by atoms with Crippen LogP contribution in [-0.2, 0) is 11.3 Å². The van der Waals surface area contributed by atoms with E-state index < -0.39 is 17.1 Å². The Hall–Kier alpha value is -3.33. The van der Waals surface area contributed by atoms with Gasteiger partial charge in [-0.3, -0.25) is 10.1 Å². The number of benzene rings is 2. The highest BCUT2D eigenvalue weighted by Gasteiger charge is 2.32. The molecule has 7 nitrogen and oxygen atoms in total. The number of allylic oxidation sites excluding steroid dienone is 2. The van der Waals surface area contributed by atoms with Crippen molar-refractivity contribution in [2.75, 3.05) is 25.5 Å². The number of ether oxygens (including phenoxy) is 1. The third kappa shape index (κ3) is 4.40. The third-order valence-electron chi connectivity index (χ3n) is 6.61. The molecule has 1 fully saturated rings. The maximum atomic E-state index is 13.9. The van der Waals surface area contributed by atoms with Crippen LogP contribution in [-0.4, -0.2) is 53.3 Å². The minimum absolute atomic E-state index is 0.0593. The Morgan fingerprint density at radius 1 is 1.26 bits per heavy atom. The van der Waals surface area contributed by atoms with E-state index in [9.17, 15) is 19.6 Å². The minimum Gasteiger partial charge on any atom is -0.390 e. The van der Waals surface area contributed by atoms with Crippen LogP contribution in [0.25, 0.3) is 11.6 Å². The van der Waals surface area contributed by atoms with Crippen molar-refractivity contribution in [3.63, 3.8) is 0 Å². The molecule has 0 aromatic heterocycles. The zero-order chi connectivity index (χ0) is 23.8. The van der Waals surface area contributed by atoms with Crippen molar-refractivity contribution in [2.24, 2.45) is 5.92 Å². The van der Waals surface area contributed by atoms with Crippen LogP contribution >= 0.6 is 0 Å². The molecule has 176 valence electrons. The second kappa shape index (κ2) is 9.13. The number of nitro groups is 1. The summed E-state index contributed by atoms with van der Waals surface area (Å²) in [4.78, 5) is 13.5. The molecule has 8 heteroatoms. The number of aliphatic hydroxyl groups excluding tert-OH is 1. The standard InChI is InChI=1S/C26H26FN3O4/c1-29-13-23(25(31)14-29)28-22-9-6-16(11-24(22)30(32)33)10-21-19-5-3-2-4-17(19)15-34-26-12-18(27)7-8-20(21)26/h2-12,20,23,25-26,28,31H,13-15H2,1H3/b21-10+/t20?,23-,25-,26?/m0/s1. The summed E-state index contributed by atoms with van der Waals surface area (Å²) in [6.07, 6.45) is 5.56. The van der Waals surface area contributed by atoms with E-state index in [-0.39, 0.29) is 23.5 Å². The zero-order valence-electron chi connectivity index (χ0n) is 18.7. The van der Waals surface area contributed by atoms with Crippen molar-refractivity contribution in [3.8, 4) is 0 Å². The monoisotopic (exact) mass is 463 g/mol. The smallest absolute Gasteiger partial charge is 0.292 e. The van der Waals surface area contributed by atoms with Crippen molar-refractivity contribution in [3.05, 3.63) is 93.3 Å². The van der Waals surface area contributed by atoms with Gasteiger partial charge in [-0.2, -0.15) is 0 Å². The van der Waals surface area contributed by atoms with E-state index in [1.54, 1.807) is 12.1 Å². The number of anilines is 1. The summed E-state index contributed by atoms with van der Waals surface area (Å²) in [6.45, 7) is 1.47. The van der Waals surface area contributed by atoms with Gasteiger partial charge in [0.05, 0.1) is 29.8 Å². The van der Waals surface area contributed by atoms with Crippen LogP contribution in [0.15, 0.2) is 66.5 Å². The van der Waals surface area contributed by atoms with Crippen LogP contribution in [0, 0.1) is 16.0 Å². The molecule has 1 aliphatic carbocycles. The third-order valence-corrected chi connectivity index (χ3v) is 6.61. The Balaban J connectivity index is 1.54. The Morgan fingerprint density at radius 3 is 2.85 bits per heavy atom. The first-order valence-electron chi connectivity index (χ1n) is 11.3. The Labute approximate surface area is 197 Å². The highest BCUT2D eigenvalue weighted by molar-refractivity contribution is 5.87. The summed E-state index contributed by atoms with van der Waals surface area (Å²) in [7, 11) is 1.90. The van der Waals surface area contributed by atoms with Crippen LogP contribution in [0.4, 0.5) is 15.8 Å². The van der Waals surface area contributed by atoms with Gasteiger partial charge in [0.2, 0.25) is 0 Å². The number of nitrogens with one attached hydrogen (secondary N) is 1. The molecule has 2 aromatic rings. The summed E-state index contributed by atoms with van der Waals surface area (Å²) in [5, 5.41) is 25.3. The Morgan fingerprint density at radius 2 is 2.09 bits per heavy atom. The first kappa shape index (κ1) is 22.5. The quantitative estimate of drug-likeness (QED) is 0.523. The maximum Gasteiger partial charge on any atom is 0.292 e. The molecule has 0 spiro atoms. The lowest BCUT2D eigenvalue weighted by molar-refractivity contribution is -0.384. The van der Waals surface area contributed by atoms with E-state index in [0.29, 0.717) is 30.9 Å². The predicted molar refractivity (Wildman–Crippen MR) is 129 cm³/mol. The number of nitro benzene ring substituents is 1. The lowest BCUT2D eigenvalue weighted by Crippen LogP contribution is -2.32. The van der Waals surface area contributed by atoms with E-state index in [2.05, 4.69) is 5.32 Å². The second-order valence-electron chi connectivity index (χ2n) is 9.04. The predicted octanol–water partition coefficient (Wildman–Crippen LogP) is 4.16. The molecule has 2 heterocycles. The highest BCUT2D eigenvalue weighted by Crippen LogP contribution is 2.40. The van der Waals surface area contributed by atoms with Gasteiger partial charge in [0.15, 0.2) is 0 Å². The Bertz CT molecular complexity index is 1210. The van der Waals surface area contributed by atoms with Crippen LogP contribution in [0.1, 0.15) is 16.7 Å². The van der Waals surface area contributed by atoms with Crippen molar-refractivity contribution < 1.29 is 19.2 Å². The topological polar surface area (TPSA) is 87.9 Å². The minimum atomic E-state index is -0.600. The molecule has 3 aliphatic rings. The number of rotatable bonds is 4. The largest absolute Gasteiger partial charge is 0.390 e. The average Bonchev–Trinajstić information content (AvgIpc) is 3.05.